The first-order valence-electron chi connectivity index (χ1n) is 11.1. The van der Waals surface area contributed by atoms with Crippen molar-refractivity contribution in [1.29, 1.82) is 0 Å². The molecular weight excluding hydrogens is 416 g/mol. The third kappa shape index (κ3) is 5.23. The van der Waals surface area contributed by atoms with Gasteiger partial charge in [-0.15, -0.1) is 0 Å². The van der Waals surface area contributed by atoms with Gasteiger partial charge >= 0.3 is 0 Å². The molecule has 2 aromatic heterocycles. The molecule has 2 amide bonds. The van der Waals surface area contributed by atoms with Crippen molar-refractivity contribution in [2.75, 3.05) is 19.4 Å². The van der Waals surface area contributed by atoms with Crippen LogP contribution in [0.4, 0.5) is 5.69 Å². The zero-order valence-electron chi connectivity index (χ0n) is 18.9. The minimum Gasteiger partial charge on any atom is -0.348 e. The van der Waals surface area contributed by atoms with Gasteiger partial charge in [-0.1, -0.05) is 6.58 Å². The predicted octanol–water partition coefficient (Wildman–Crippen LogP) is 3.42. The monoisotopic (exact) mass is 444 g/mol. The first-order valence-corrected chi connectivity index (χ1v) is 11.1. The van der Waals surface area contributed by atoms with Crippen LogP contribution in [0.1, 0.15) is 36.2 Å². The number of pyridine rings is 1. The number of nitrogens with zero attached hydrogens (tertiary/aromatic N) is 4. The van der Waals surface area contributed by atoms with Crippen LogP contribution in [0.2, 0.25) is 0 Å². The molecular formula is C25H28N6O2. The molecule has 0 bridgehead atoms. The molecule has 1 saturated carbocycles. The molecule has 33 heavy (non-hydrogen) atoms. The predicted molar refractivity (Wildman–Crippen MR) is 129 cm³/mol. The van der Waals surface area contributed by atoms with E-state index in [4.69, 9.17) is 0 Å². The van der Waals surface area contributed by atoms with Crippen LogP contribution in [0.25, 0.3) is 22.3 Å². The molecule has 1 aliphatic carbocycles. The Morgan fingerprint density at radius 3 is 2.73 bits per heavy atom. The summed E-state index contributed by atoms with van der Waals surface area (Å²) in [6.45, 7) is 3.49. The number of benzene rings is 1. The van der Waals surface area contributed by atoms with E-state index < -0.39 is 0 Å². The molecule has 8 nitrogen and oxygen atoms in total. The summed E-state index contributed by atoms with van der Waals surface area (Å²) in [6.07, 6.45) is 8.61. The van der Waals surface area contributed by atoms with Gasteiger partial charge in [0.15, 0.2) is 5.82 Å². The smallest absolute Gasteiger partial charge is 0.270 e. The Morgan fingerprint density at radius 1 is 1.12 bits per heavy atom. The van der Waals surface area contributed by atoms with Crippen molar-refractivity contribution >= 4 is 28.4 Å². The van der Waals surface area contributed by atoms with Crippen molar-refractivity contribution in [3.63, 3.8) is 0 Å². The number of aromatic nitrogens is 3. The average molecular weight is 445 g/mol. The van der Waals surface area contributed by atoms with Gasteiger partial charge in [0.1, 0.15) is 5.69 Å². The lowest BCUT2D eigenvalue weighted by atomic mass is 9.90. The molecule has 1 aromatic carbocycles. The molecule has 0 spiro atoms. The molecule has 1 aliphatic rings. The van der Waals surface area contributed by atoms with Crippen molar-refractivity contribution in [2.45, 2.75) is 37.8 Å². The molecule has 170 valence electrons. The summed E-state index contributed by atoms with van der Waals surface area (Å²) in [4.78, 5) is 40.2. The molecule has 8 heteroatoms. The first-order chi connectivity index (χ1) is 15.9. The number of hydrogen-bond acceptors (Lipinski definition) is 6. The summed E-state index contributed by atoms with van der Waals surface area (Å²) in [5, 5.41) is 6.69. The molecule has 2 atom stereocenters. The molecule has 3 aromatic rings. The largest absolute Gasteiger partial charge is 0.348 e. The van der Waals surface area contributed by atoms with Crippen LogP contribution >= 0.6 is 0 Å². The van der Waals surface area contributed by atoms with Gasteiger partial charge in [0.05, 0.1) is 11.2 Å². The number of carbonyl (C=O) groups is 2. The van der Waals surface area contributed by atoms with Crippen LogP contribution in [-0.4, -0.2) is 57.8 Å². The Kier molecular flexibility index (Phi) is 6.74. The highest BCUT2D eigenvalue weighted by Crippen LogP contribution is 2.27. The summed E-state index contributed by atoms with van der Waals surface area (Å²) < 4.78 is 0. The van der Waals surface area contributed by atoms with Gasteiger partial charge < -0.3 is 15.5 Å². The van der Waals surface area contributed by atoms with Gasteiger partial charge in [0, 0.05) is 35.4 Å². The highest BCUT2D eigenvalue weighted by atomic mass is 16.2. The lowest BCUT2D eigenvalue weighted by Gasteiger charge is -2.33. The van der Waals surface area contributed by atoms with E-state index in [9.17, 15) is 9.59 Å². The Bertz CT molecular complexity index is 1190. The van der Waals surface area contributed by atoms with Crippen LogP contribution in [0.3, 0.4) is 0 Å². The van der Waals surface area contributed by atoms with Crippen LogP contribution in [0.15, 0.2) is 55.4 Å². The Morgan fingerprint density at radius 2 is 1.94 bits per heavy atom. The van der Waals surface area contributed by atoms with E-state index in [-0.39, 0.29) is 17.9 Å². The van der Waals surface area contributed by atoms with E-state index in [0.29, 0.717) is 23.2 Å². The fraction of sp³-hybridized carbons (Fsp3) is 0.320. The van der Waals surface area contributed by atoms with Crippen LogP contribution < -0.4 is 10.6 Å². The molecule has 4 rings (SSSR count). The minimum absolute atomic E-state index is 0.139. The number of amides is 2. The van der Waals surface area contributed by atoms with Gasteiger partial charge in [0.25, 0.3) is 5.91 Å². The van der Waals surface area contributed by atoms with Crippen molar-refractivity contribution in [3.8, 4) is 11.4 Å². The van der Waals surface area contributed by atoms with E-state index in [0.717, 1.165) is 42.1 Å². The maximum Gasteiger partial charge on any atom is 0.270 e. The van der Waals surface area contributed by atoms with Gasteiger partial charge in [-0.25, -0.2) is 9.97 Å². The molecule has 0 radical (unpaired) electrons. The van der Waals surface area contributed by atoms with Crippen molar-refractivity contribution in [1.82, 2.24) is 25.2 Å². The number of rotatable bonds is 6. The molecule has 2 N–H and O–H groups in total. The zero-order valence-corrected chi connectivity index (χ0v) is 18.9. The van der Waals surface area contributed by atoms with Crippen molar-refractivity contribution in [3.05, 3.63) is 61.1 Å². The lowest BCUT2D eigenvalue weighted by molar-refractivity contribution is -0.111. The standard InChI is InChI=1S/C25H28N6O2/c1-4-23(32)29-21-10-12-26-20-9-8-16(14-19(20)21)24-27-13-11-22(30-24)25(33)28-17-6-5-7-18(15-17)31(2)3/h4,8-14,17-18H,1,5-7,15H2,2-3H3,(H,28,33)(H,26,29,32). The lowest BCUT2D eigenvalue weighted by Crippen LogP contribution is -2.43. The SMILES string of the molecule is C=CC(=O)Nc1ccnc2ccc(-c3nccc(C(=O)NC4CCCC(N(C)C)C4)n3)cc12. The Hall–Kier alpha value is -3.65. The van der Waals surface area contributed by atoms with E-state index in [2.05, 4.69) is 51.2 Å². The maximum atomic E-state index is 12.9. The Balaban J connectivity index is 1.57. The van der Waals surface area contributed by atoms with E-state index in [1.807, 2.05) is 18.2 Å². The highest BCUT2D eigenvalue weighted by Gasteiger charge is 2.25. The third-order valence-corrected chi connectivity index (χ3v) is 6.04. The molecule has 2 unspecified atom stereocenters. The minimum atomic E-state index is -0.304. The summed E-state index contributed by atoms with van der Waals surface area (Å²) in [5.74, 6) is -0.0595. The molecule has 0 aliphatic heterocycles. The fourth-order valence-electron chi connectivity index (χ4n) is 4.23. The van der Waals surface area contributed by atoms with Crippen molar-refractivity contribution in [2.24, 2.45) is 0 Å². The summed E-state index contributed by atoms with van der Waals surface area (Å²) >= 11 is 0. The second kappa shape index (κ2) is 9.87. The quantitative estimate of drug-likeness (QED) is 0.565. The summed E-state index contributed by atoms with van der Waals surface area (Å²) in [6, 6.07) is 9.53. The van der Waals surface area contributed by atoms with Crippen molar-refractivity contribution < 1.29 is 9.59 Å². The third-order valence-electron chi connectivity index (χ3n) is 6.04. The molecule has 1 fully saturated rings. The maximum absolute atomic E-state index is 12.9. The highest BCUT2D eigenvalue weighted by molar-refractivity contribution is 6.05. The normalized spacial score (nSPS) is 18.2. The van der Waals surface area contributed by atoms with Crippen LogP contribution in [-0.2, 0) is 4.79 Å². The van der Waals surface area contributed by atoms with Crippen LogP contribution in [0.5, 0.6) is 0 Å². The zero-order chi connectivity index (χ0) is 23.4. The second-order valence-electron chi connectivity index (χ2n) is 8.50. The van der Waals surface area contributed by atoms with Gasteiger partial charge in [0.2, 0.25) is 5.91 Å². The van der Waals surface area contributed by atoms with E-state index in [1.54, 1.807) is 24.5 Å². The average Bonchev–Trinajstić information content (AvgIpc) is 2.84. The first kappa shape index (κ1) is 22.5. The number of fused-ring (bicyclic) bond motifs is 1. The number of hydrogen-bond donors (Lipinski definition) is 2. The van der Waals surface area contributed by atoms with Gasteiger partial charge in [-0.3, -0.25) is 14.6 Å². The summed E-state index contributed by atoms with van der Waals surface area (Å²) in [7, 11) is 4.16. The number of anilines is 1. The number of nitrogens with one attached hydrogen (secondary N) is 2. The summed E-state index contributed by atoms with van der Waals surface area (Å²) in [5.41, 5.74) is 2.40. The topological polar surface area (TPSA) is 100 Å². The second-order valence-corrected chi connectivity index (χ2v) is 8.50. The fourth-order valence-corrected chi connectivity index (χ4v) is 4.23. The van der Waals surface area contributed by atoms with Gasteiger partial charge in [-0.2, -0.15) is 0 Å². The van der Waals surface area contributed by atoms with Crippen LogP contribution in [0, 0.1) is 0 Å². The molecule has 0 saturated heterocycles. The number of carbonyl (C=O) groups excluding carboxylic acids is 2. The molecule has 2 heterocycles. The van der Waals surface area contributed by atoms with Gasteiger partial charge in [-0.05, 0) is 76.2 Å². The Labute approximate surface area is 193 Å². The van der Waals surface area contributed by atoms with E-state index >= 15 is 0 Å². The van der Waals surface area contributed by atoms with E-state index in [1.165, 1.54) is 6.08 Å².